The van der Waals surface area contributed by atoms with E-state index in [9.17, 15) is 4.79 Å². The Hall–Kier alpha value is -5.01. The lowest BCUT2D eigenvalue weighted by atomic mass is 10.0. The molecule has 0 unspecified atom stereocenters. The highest BCUT2D eigenvalue weighted by Gasteiger charge is 2.14. The third kappa shape index (κ3) is 7.45. The predicted octanol–water partition coefficient (Wildman–Crippen LogP) is 7.82. The summed E-state index contributed by atoms with van der Waals surface area (Å²) in [6.07, 6.45) is 1.50. The van der Waals surface area contributed by atoms with E-state index in [0.29, 0.717) is 52.4 Å². The Kier molecular flexibility index (Phi) is 9.77. The van der Waals surface area contributed by atoms with Crippen LogP contribution in [-0.2, 0) is 13.2 Å². The normalized spacial score (nSPS) is 11.0. The van der Waals surface area contributed by atoms with Gasteiger partial charge in [-0.05, 0) is 64.7 Å². The van der Waals surface area contributed by atoms with E-state index >= 15 is 0 Å². The average Bonchev–Trinajstić information content (AvgIpc) is 3.04. The maximum absolute atomic E-state index is 12.8. The third-order valence-corrected chi connectivity index (χ3v) is 6.87. The van der Waals surface area contributed by atoms with Gasteiger partial charge in [0.2, 0.25) is 0 Å². The number of fused-ring (bicyclic) bond motifs is 1. The third-order valence-electron chi connectivity index (χ3n) is 6.59. The molecule has 1 amide bonds. The standard InChI is InChI=1S/C35H31ClN2O5/c1-3-41-32-19-25(16-17-31(32)42-22-24-10-5-4-6-11-24)23-43-34-30(36)18-26(20-33(34)40-2)21-37-38-35(39)29-15-9-13-27-12-7-8-14-28(27)29/h4-21H,3,22-23H2,1-2H3,(H,38,39)/b37-21+. The van der Waals surface area contributed by atoms with Gasteiger partial charge in [-0.1, -0.05) is 84.4 Å². The van der Waals surface area contributed by atoms with Gasteiger partial charge in [-0.2, -0.15) is 5.10 Å². The second-order valence-corrected chi connectivity index (χ2v) is 9.94. The zero-order chi connectivity index (χ0) is 30.0. The fourth-order valence-electron chi connectivity index (χ4n) is 4.52. The Morgan fingerprint density at radius 3 is 2.37 bits per heavy atom. The first-order valence-corrected chi connectivity index (χ1v) is 14.2. The van der Waals surface area contributed by atoms with Crippen molar-refractivity contribution in [3.8, 4) is 23.0 Å². The number of nitrogens with one attached hydrogen (secondary N) is 1. The first-order chi connectivity index (χ1) is 21.1. The number of hydrogen-bond donors (Lipinski definition) is 1. The van der Waals surface area contributed by atoms with E-state index in [1.54, 1.807) is 18.2 Å². The van der Waals surface area contributed by atoms with Gasteiger partial charge < -0.3 is 18.9 Å². The monoisotopic (exact) mass is 594 g/mol. The van der Waals surface area contributed by atoms with Crippen molar-refractivity contribution in [1.82, 2.24) is 5.43 Å². The van der Waals surface area contributed by atoms with Crippen molar-refractivity contribution in [2.45, 2.75) is 20.1 Å². The summed E-state index contributed by atoms with van der Waals surface area (Å²) in [4.78, 5) is 12.8. The topological polar surface area (TPSA) is 78.4 Å². The number of ether oxygens (including phenoxy) is 4. The van der Waals surface area contributed by atoms with Crippen LogP contribution in [0.2, 0.25) is 5.02 Å². The van der Waals surface area contributed by atoms with Crippen LogP contribution >= 0.6 is 11.6 Å². The van der Waals surface area contributed by atoms with Gasteiger partial charge in [0.05, 0.1) is 25.0 Å². The molecule has 8 heteroatoms. The summed E-state index contributed by atoms with van der Waals surface area (Å²) in [6, 6.07) is 32.3. The largest absolute Gasteiger partial charge is 0.493 e. The van der Waals surface area contributed by atoms with Crippen molar-refractivity contribution in [2.24, 2.45) is 5.10 Å². The van der Waals surface area contributed by atoms with Crippen LogP contribution in [0.5, 0.6) is 23.0 Å². The van der Waals surface area contributed by atoms with E-state index in [1.807, 2.05) is 91.9 Å². The summed E-state index contributed by atoms with van der Waals surface area (Å²) < 4.78 is 23.5. The minimum Gasteiger partial charge on any atom is -0.493 e. The van der Waals surface area contributed by atoms with Crippen LogP contribution in [0.25, 0.3) is 10.8 Å². The molecule has 0 atom stereocenters. The van der Waals surface area contributed by atoms with Crippen LogP contribution in [0.1, 0.15) is 34.0 Å². The van der Waals surface area contributed by atoms with E-state index < -0.39 is 0 Å². The van der Waals surface area contributed by atoms with Crippen molar-refractivity contribution in [1.29, 1.82) is 0 Å². The van der Waals surface area contributed by atoms with Gasteiger partial charge in [-0.25, -0.2) is 5.43 Å². The molecule has 1 N–H and O–H groups in total. The van der Waals surface area contributed by atoms with Crippen LogP contribution in [0.4, 0.5) is 0 Å². The molecule has 5 aromatic carbocycles. The molecular formula is C35H31ClN2O5. The fourth-order valence-corrected chi connectivity index (χ4v) is 4.80. The van der Waals surface area contributed by atoms with Gasteiger partial charge in [0.15, 0.2) is 23.0 Å². The summed E-state index contributed by atoms with van der Waals surface area (Å²) in [5.41, 5.74) is 5.70. The molecule has 0 bridgehead atoms. The average molecular weight is 595 g/mol. The molecule has 0 fully saturated rings. The van der Waals surface area contributed by atoms with E-state index in [0.717, 1.165) is 21.9 Å². The number of hydrazone groups is 1. The zero-order valence-corrected chi connectivity index (χ0v) is 24.6. The first-order valence-electron chi connectivity index (χ1n) is 13.8. The van der Waals surface area contributed by atoms with E-state index in [1.165, 1.54) is 13.3 Å². The van der Waals surface area contributed by atoms with Crippen molar-refractivity contribution < 1.29 is 23.7 Å². The minimum absolute atomic E-state index is 0.226. The molecule has 7 nitrogen and oxygen atoms in total. The maximum atomic E-state index is 12.8. The Morgan fingerprint density at radius 1 is 0.791 bits per heavy atom. The van der Waals surface area contributed by atoms with Gasteiger partial charge in [0.1, 0.15) is 13.2 Å². The van der Waals surface area contributed by atoms with E-state index in [2.05, 4.69) is 10.5 Å². The van der Waals surface area contributed by atoms with Crippen LogP contribution in [-0.4, -0.2) is 25.8 Å². The molecule has 5 rings (SSSR count). The summed E-state index contributed by atoms with van der Waals surface area (Å²) in [7, 11) is 1.54. The SMILES string of the molecule is CCOc1cc(COc2c(Cl)cc(/C=N/NC(=O)c3cccc4ccccc34)cc2OC)ccc1OCc1ccccc1. The van der Waals surface area contributed by atoms with Gasteiger partial charge in [-0.3, -0.25) is 4.79 Å². The quantitative estimate of drug-likeness (QED) is 0.118. The maximum Gasteiger partial charge on any atom is 0.271 e. The Morgan fingerprint density at radius 2 is 1.56 bits per heavy atom. The molecule has 5 aromatic rings. The summed E-state index contributed by atoms with van der Waals surface area (Å²) in [5, 5.41) is 6.30. The van der Waals surface area contributed by atoms with Gasteiger partial charge in [0.25, 0.3) is 5.91 Å². The summed E-state index contributed by atoms with van der Waals surface area (Å²) in [5.74, 6) is 1.80. The predicted molar refractivity (Wildman–Crippen MR) is 170 cm³/mol. The lowest BCUT2D eigenvalue weighted by Gasteiger charge is -2.16. The van der Waals surface area contributed by atoms with Crippen molar-refractivity contribution in [3.05, 3.63) is 130 Å². The number of carbonyl (C=O) groups excluding carboxylic acids is 1. The molecule has 43 heavy (non-hydrogen) atoms. The molecule has 0 aromatic heterocycles. The smallest absolute Gasteiger partial charge is 0.271 e. The number of benzene rings is 5. The van der Waals surface area contributed by atoms with Crippen molar-refractivity contribution in [3.63, 3.8) is 0 Å². The molecule has 218 valence electrons. The van der Waals surface area contributed by atoms with Crippen LogP contribution in [0.3, 0.4) is 0 Å². The molecule has 0 saturated heterocycles. The lowest BCUT2D eigenvalue weighted by molar-refractivity contribution is 0.0957. The molecular weight excluding hydrogens is 564 g/mol. The van der Waals surface area contributed by atoms with Crippen LogP contribution in [0, 0.1) is 0 Å². The number of methoxy groups -OCH3 is 1. The molecule has 0 aliphatic heterocycles. The minimum atomic E-state index is -0.311. The second kappa shape index (κ2) is 14.2. The van der Waals surface area contributed by atoms with Crippen molar-refractivity contribution in [2.75, 3.05) is 13.7 Å². The van der Waals surface area contributed by atoms with Crippen molar-refractivity contribution >= 4 is 34.5 Å². The highest BCUT2D eigenvalue weighted by atomic mass is 35.5. The number of amides is 1. The fraction of sp³-hybridized carbons (Fsp3) is 0.143. The van der Waals surface area contributed by atoms with E-state index in [-0.39, 0.29) is 12.5 Å². The highest BCUT2D eigenvalue weighted by molar-refractivity contribution is 6.32. The number of hydrogen-bond acceptors (Lipinski definition) is 6. The number of rotatable bonds is 12. The Labute approximate surface area is 255 Å². The second-order valence-electron chi connectivity index (χ2n) is 9.54. The Bertz CT molecular complexity index is 1730. The summed E-state index contributed by atoms with van der Waals surface area (Å²) >= 11 is 6.59. The molecule has 0 heterocycles. The molecule has 0 aliphatic rings. The van der Waals surface area contributed by atoms with Crippen LogP contribution in [0.15, 0.2) is 108 Å². The van der Waals surface area contributed by atoms with E-state index in [4.69, 9.17) is 30.5 Å². The van der Waals surface area contributed by atoms with Gasteiger partial charge in [0, 0.05) is 5.56 Å². The Balaban J connectivity index is 1.25. The number of carbonyl (C=O) groups is 1. The molecule has 0 radical (unpaired) electrons. The molecule has 0 saturated carbocycles. The zero-order valence-electron chi connectivity index (χ0n) is 23.9. The summed E-state index contributed by atoms with van der Waals surface area (Å²) in [6.45, 7) is 3.08. The molecule has 0 spiro atoms. The van der Waals surface area contributed by atoms with Gasteiger partial charge in [-0.15, -0.1) is 0 Å². The lowest BCUT2D eigenvalue weighted by Crippen LogP contribution is -2.17. The first kappa shape index (κ1) is 29.5. The van der Waals surface area contributed by atoms with Gasteiger partial charge >= 0.3 is 0 Å². The number of nitrogens with zero attached hydrogens (tertiary/aromatic N) is 1. The molecule has 0 aliphatic carbocycles. The number of halogens is 1. The van der Waals surface area contributed by atoms with Crippen LogP contribution < -0.4 is 24.4 Å². The highest BCUT2D eigenvalue weighted by Crippen LogP contribution is 2.37.